The topological polar surface area (TPSA) is 92.0 Å². The summed E-state index contributed by atoms with van der Waals surface area (Å²) in [7, 11) is -1.34. The summed E-state index contributed by atoms with van der Waals surface area (Å²) in [6.45, 7) is 5.49. The highest BCUT2D eigenvalue weighted by molar-refractivity contribution is 7.87. The fraction of sp³-hybridized carbons (Fsp3) is 0.192. The molecule has 0 amide bonds. The largest absolute Gasteiger partial charge is 0.493 e. The third kappa shape index (κ3) is 4.24. The third-order valence-corrected chi connectivity index (χ3v) is 6.68. The van der Waals surface area contributed by atoms with Crippen molar-refractivity contribution in [2.75, 3.05) is 14.2 Å². The first-order chi connectivity index (χ1) is 16.1. The highest BCUT2D eigenvalue weighted by Crippen LogP contribution is 2.38. The number of methoxy groups -OCH3 is 2. The Hall–Kier alpha value is -3.78. The maximum atomic E-state index is 13.6. The van der Waals surface area contributed by atoms with Gasteiger partial charge in [-0.1, -0.05) is 23.8 Å². The lowest BCUT2D eigenvalue weighted by Crippen LogP contribution is -2.17. The van der Waals surface area contributed by atoms with E-state index in [1.165, 1.54) is 26.4 Å². The summed E-state index contributed by atoms with van der Waals surface area (Å²) in [5, 5.41) is 0.254. The van der Waals surface area contributed by atoms with Crippen LogP contribution in [0.25, 0.3) is 22.3 Å². The fourth-order valence-corrected chi connectivity index (χ4v) is 4.72. The first-order valence-electron chi connectivity index (χ1n) is 10.5. The Morgan fingerprint density at radius 3 is 2.12 bits per heavy atom. The van der Waals surface area contributed by atoms with E-state index in [1.54, 1.807) is 43.3 Å². The molecule has 1 aromatic heterocycles. The molecule has 0 saturated heterocycles. The van der Waals surface area contributed by atoms with E-state index >= 15 is 0 Å². The third-order valence-electron chi connectivity index (χ3n) is 5.44. The van der Waals surface area contributed by atoms with Gasteiger partial charge in [0.25, 0.3) is 0 Å². The van der Waals surface area contributed by atoms with E-state index in [9.17, 15) is 13.2 Å². The van der Waals surface area contributed by atoms with Crippen LogP contribution in [0.15, 0.2) is 68.7 Å². The van der Waals surface area contributed by atoms with E-state index in [0.717, 1.165) is 11.1 Å². The highest BCUT2D eigenvalue weighted by Gasteiger charge is 2.26. The van der Waals surface area contributed by atoms with Crippen molar-refractivity contribution in [1.29, 1.82) is 0 Å². The van der Waals surface area contributed by atoms with Crippen LogP contribution in [0.2, 0.25) is 0 Å². The minimum Gasteiger partial charge on any atom is -0.493 e. The molecule has 0 spiro atoms. The zero-order valence-electron chi connectivity index (χ0n) is 19.5. The molecule has 0 unspecified atom stereocenters. The number of fused-ring (bicyclic) bond motifs is 1. The number of aryl methyl sites for hydroxylation is 3. The van der Waals surface area contributed by atoms with Gasteiger partial charge in [0.2, 0.25) is 11.2 Å². The average molecular weight is 481 g/mol. The molecular weight excluding hydrogens is 456 g/mol. The first kappa shape index (κ1) is 23.4. The van der Waals surface area contributed by atoms with Gasteiger partial charge >= 0.3 is 10.1 Å². The van der Waals surface area contributed by atoms with Gasteiger partial charge in [-0.05, 0) is 68.3 Å². The molecule has 4 rings (SSSR count). The monoisotopic (exact) mass is 480 g/mol. The summed E-state index contributed by atoms with van der Waals surface area (Å²) in [5.41, 5.74) is 2.57. The number of hydrogen-bond acceptors (Lipinski definition) is 7. The molecule has 8 heteroatoms. The highest BCUT2D eigenvalue weighted by atomic mass is 32.2. The Balaban J connectivity index is 2.00. The fourth-order valence-electron chi connectivity index (χ4n) is 3.78. The molecule has 0 atom stereocenters. The van der Waals surface area contributed by atoms with Gasteiger partial charge in [0.05, 0.1) is 19.6 Å². The summed E-state index contributed by atoms with van der Waals surface area (Å²) in [4.78, 5) is 13.5. The van der Waals surface area contributed by atoms with Gasteiger partial charge in [0.15, 0.2) is 17.3 Å². The first-order valence-corrected chi connectivity index (χ1v) is 11.9. The van der Waals surface area contributed by atoms with Gasteiger partial charge in [0, 0.05) is 5.56 Å². The van der Waals surface area contributed by atoms with E-state index in [4.69, 9.17) is 18.1 Å². The van der Waals surface area contributed by atoms with Gasteiger partial charge in [-0.3, -0.25) is 4.79 Å². The molecule has 7 nitrogen and oxygen atoms in total. The molecule has 0 fully saturated rings. The maximum Gasteiger partial charge on any atom is 0.339 e. The molecular formula is C26H24O7S. The van der Waals surface area contributed by atoms with E-state index < -0.39 is 21.3 Å². The molecule has 34 heavy (non-hydrogen) atoms. The molecule has 0 aliphatic carbocycles. The molecule has 0 aliphatic heterocycles. The van der Waals surface area contributed by atoms with Crippen molar-refractivity contribution >= 4 is 21.1 Å². The van der Waals surface area contributed by atoms with Crippen LogP contribution in [-0.4, -0.2) is 22.6 Å². The van der Waals surface area contributed by atoms with Crippen molar-refractivity contribution in [3.05, 3.63) is 81.5 Å². The number of rotatable bonds is 6. The van der Waals surface area contributed by atoms with Gasteiger partial charge in [-0.2, -0.15) is 8.42 Å². The Morgan fingerprint density at radius 1 is 0.794 bits per heavy atom. The quantitative estimate of drug-likeness (QED) is 0.352. The molecule has 1 heterocycles. The zero-order chi connectivity index (χ0) is 24.6. The molecule has 176 valence electrons. The van der Waals surface area contributed by atoms with Crippen LogP contribution in [-0.2, 0) is 10.1 Å². The zero-order valence-corrected chi connectivity index (χ0v) is 20.3. The second kappa shape index (κ2) is 8.87. The SMILES string of the molecule is COc1ccc(-c2oc3cc(C)cc(C)c3c(=O)c2OS(=O)(=O)c2ccc(C)cc2)cc1OC. The van der Waals surface area contributed by atoms with Crippen molar-refractivity contribution in [1.82, 2.24) is 0 Å². The predicted octanol–water partition coefficient (Wildman–Crippen LogP) is 5.17. The minimum absolute atomic E-state index is 0.0286. The lowest BCUT2D eigenvalue weighted by Gasteiger charge is -2.14. The van der Waals surface area contributed by atoms with Gasteiger partial charge in [0.1, 0.15) is 10.5 Å². The van der Waals surface area contributed by atoms with Crippen LogP contribution < -0.4 is 19.1 Å². The summed E-state index contributed by atoms with van der Waals surface area (Å²) in [6, 6.07) is 14.6. The molecule has 0 saturated carbocycles. The average Bonchev–Trinajstić information content (AvgIpc) is 2.80. The molecule has 0 radical (unpaired) electrons. The maximum absolute atomic E-state index is 13.6. The Labute approximate surface area is 197 Å². The standard InChI is InChI=1S/C26H24O7S/c1-15-6-9-19(10-7-15)34(28,29)33-26-24(27)23-17(3)12-16(2)13-22(23)32-25(26)18-8-11-20(30-4)21(14-18)31-5/h6-14H,1-5H3. The van der Waals surface area contributed by atoms with Crippen LogP contribution >= 0.6 is 0 Å². The summed E-state index contributed by atoms with van der Waals surface area (Å²) < 4.78 is 48.4. The van der Waals surface area contributed by atoms with Crippen molar-refractivity contribution < 1.29 is 26.5 Å². The number of ether oxygens (including phenoxy) is 2. The predicted molar refractivity (Wildman–Crippen MR) is 129 cm³/mol. The Morgan fingerprint density at radius 2 is 1.47 bits per heavy atom. The normalized spacial score (nSPS) is 11.4. The van der Waals surface area contributed by atoms with Crippen molar-refractivity contribution in [3.8, 4) is 28.6 Å². The van der Waals surface area contributed by atoms with Crippen LogP contribution in [0.4, 0.5) is 0 Å². The molecule has 0 bridgehead atoms. The molecule has 4 aromatic rings. The smallest absolute Gasteiger partial charge is 0.339 e. The molecule has 0 N–H and O–H groups in total. The van der Waals surface area contributed by atoms with Crippen LogP contribution in [0.5, 0.6) is 17.2 Å². The summed E-state index contributed by atoms with van der Waals surface area (Å²) in [5.74, 6) is 0.401. The van der Waals surface area contributed by atoms with Crippen LogP contribution in [0.1, 0.15) is 16.7 Å². The van der Waals surface area contributed by atoms with Crippen molar-refractivity contribution in [2.45, 2.75) is 25.7 Å². The van der Waals surface area contributed by atoms with Gasteiger partial charge in [-0.25, -0.2) is 0 Å². The Kier molecular flexibility index (Phi) is 6.10. The number of hydrogen-bond donors (Lipinski definition) is 0. The lowest BCUT2D eigenvalue weighted by molar-refractivity contribution is 0.355. The van der Waals surface area contributed by atoms with E-state index in [2.05, 4.69) is 0 Å². The molecule has 0 aliphatic rings. The van der Waals surface area contributed by atoms with Crippen LogP contribution in [0, 0.1) is 20.8 Å². The van der Waals surface area contributed by atoms with Crippen LogP contribution in [0.3, 0.4) is 0 Å². The van der Waals surface area contributed by atoms with Gasteiger partial charge in [-0.15, -0.1) is 0 Å². The number of benzene rings is 3. The minimum atomic E-state index is -4.32. The summed E-state index contributed by atoms with van der Waals surface area (Å²) >= 11 is 0. The van der Waals surface area contributed by atoms with E-state index in [1.807, 2.05) is 19.9 Å². The summed E-state index contributed by atoms with van der Waals surface area (Å²) in [6.07, 6.45) is 0. The van der Waals surface area contributed by atoms with Crippen molar-refractivity contribution in [2.24, 2.45) is 0 Å². The van der Waals surface area contributed by atoms with E-state index in [-0.39, 0.29) is 16.0 Å². The van der Waals surface area contributed by atoms with Gasteiger partial charge < -0.3 is 18.1 Å². The van der Waals surface area contributed by atoms with E-state index in [0.29, 0.717) is 28.2 Å². The second-order valence-corrected chi connectivity index (χ2v) is 9.51. The lowest BCUT2D eigenvalue weighted by atomic mass is 10.0. The molecule has 3 aromatic carbocycles. The Bertz CT molecular complexity index is 1550. The second-order valence-electron chi connectivity index (χ2n) is 7.96. The van der Waals surface area contributed by atoms with Crippen molar-refractivity contribution in [3.63, 3.8) is 0 Å².